The van der Waals surface area contributed by atoms with Crippen LogP contribution in [0.2, 0.25) is 0 Å². The molecule has 0 fully saturated rings. The van der Waals surface area contributed by atoms with Crippen molar-refractivity contribution >= 4 is 5.91 Å². The van der Waals surface area contributed by atoms with E-state index >= 15 is 0 Å². The Morgan fingerprint density at radius 2 is 1.70 bits per heavy atom. The van der Waals surface area contributed by atoms with E-state index in [-0.39, 0.29) is 5.91 Å². The third-order valence-electron chi connectivity index (χ3n) is 4.17. The van der Waals surface area contributed by atoms with Crippen molar-refractivity contribution in [2.45, 2.75) is 6.42 Å². The number of amides is 1. The maximum Gasteiger partial charge on any atom is 0.251 e. The highest BCUT2D eigenvalue weighted by Gasteiger charge is 2.07. The van der Waals surface area contributed by atoms with Crippen molar-refractivity contribution < 1.29 is 4.79 Å². The number of hydrogen-bond acceptors (Lipinski definition) is 4. The quantitative estimate of drug-likeness (QED) is 0.574. The minimum absolute atomic E-state index is 0.101. The van der Waals surface area contributed by atoms with Crippen molar-refractivity contribution in [2.24, 2.45) is 0 Å². The smallest absolute Gasteiger partial charge is 0.251 e. The molecule has 0 spiro atoms. The van der Waals surface area contributed by atoms with E-state index in [1.54, 1.807) is 23.1 Å². The fraction of sp³-hybridized carbons (Fsp3) is 0.100. The van der Waals surface area contributed by atoms with Crippen LogP contribution >= 0.6 is 0 Å². The van der Waals surface area contributed by atoms with Crippen LogP contribution in [-0.4, -0.2) is 37.0 Å². The van der Waals surface area contributed by atoms with Gasteiger partial charge in [0, 0.05) is 18.3 Å². The molecule has 7 nitrogen and oxygen atoms in total. The Balaban J connectivity index is 1.31. The molecule has 0 aliphatic rings. The molecule has 0 radical (unpaired) electrons. The number of aromatic nitrogens is 5. The highest BCUT2D eigenvalue weighted by atomic mass is 16.1. The predicted molar refractivity (Wildman–Crippen MR) is 101 cm³/mol. The summed E-state index contributed by atoms with van der Waals surface area (Å²) < 4.78 is 3.48. The molecule has 0 saturated heterocycles. The normalized spacial score (nSPS) is 10.7. The molecular weight excluding hydrogens is 340 g/mol. The van der Waals surface area contributed by atoms with Gasteiger partial charge in [0.25, 0.3) is 5.91 Å². The van der Waals surface area contributed by atoms with Gasteiger partial charge in [-0.15, -0.1) is 0 Å². The molecule has 7 heteroatoms. The zero-order valence-corrected chi connectivity index (χ0v) is 14.6. The molecule has 0 unspecified atom stereocenters. The fourth-order valence-electron chi connectivity index (χ4n) is 2.74. The maximum atomic E-state index is 12.3. The lowest BCUT2D eigenvalue weighted by molar-refractivity contribution is 0.0954. The summed E-state index contributed by atoms with van der Waals surface area (Å²) in [4.78, 5) is 16.2. The first-order valence-corrected chi connectivity index (χ1v) is 8.62. The van der Waals surface area contributed by atoms with E-state index in [0.29, 0.717) is 12.1 Å². The first-order valence-electron chi connectivity index (χ1n) is 8.62. The van der Waals surface area contributed by atoms with Crippen molar-refractivity contribution in [3.63, 3.8) is 0 Å². The Morgan fingerprint density at radius 1 is 0.926 bits per heavy atom. The molecule has 1 amide bonds. The van der Waals surface area contributed by atoms with Crippen molar-refractivity contribution in [3.8, 4) is 11.4 Å². The first kappa shape index (κ1) is 16.7. The number of carbonyl (C=O) groups excluding carboxylic acids is 1. The molecule has 2 aromatic carbocycles. The SMILES string of the molecule is O=C(NCCc1cnn(-c2ccccc2)c1)c1ccc(-n2cncn2)cc1. The maximum absolute atomic E-state index is 12.3. The lowest BCUT2D eigenvalue weighted by atomic mass is 10.2. The Labute approximate surface area is 156 Å². The Hall–Kier alpha value is -3.74. The number of hydrogen-bond donors (Lipinski definition) is 1. The molecule has 4 rings (SSSR count). The van der Waals surface area contributed by atoms with Gasteiger partial charge in [-0.05, 0) is 48.4 Å². The van der Waals surface area contributed by atoms with Gasteiger partial charge in [0.05, 0.1) is 17.6 Å². The van der Waals surface area contributed by atoms with Gasteiger partial charge in [-0.2, -0.15) is 10.2 Å². The Kier molecular flexibility index (Phi) is 4.74. The van der Waals surface area contributed by atoms with Gasteiger partial charge in [0.15, 0.2) is 0 Å². The minimum Gasteiger partial charge on any atom is -0.352 e. The molecule has 2 aromatic heterocycles. The van der Waals surface area contributed by atoms with Gasteiger partial charge in [-0.1, -0.05) is 18.2 Å². The second kappa shape index (κ2) is 7.65. The van der Waals surface area contributed by atoms with E-state index < -0.39 is 0 Å². The van der Waals surface area contributed by atoms with Gasteiger partial charge >= 0.3 is 0 Å². The van der Waals surface area contributed by atoms with Crippen LogP contribution in [0.1, 0.15) is 15.9 Å². The highest BCUT2D eigenvalue weighted by molar-refractivity contribution is 5.94. The zero-order valence-electron chi connectivity index (χ0n) is 14.6. The second-order valence-corrected chi connectivity index (χ2v) is 6.02. The van der Waals surface area contributed by atoms with Crippen molar-refractivity contribution in [2.75, 3.05) is 6.54 Å². The number of nitrogens with zero attached hydrogens (tertiary/aromatic N) is 5. The summed E-state index contributed by atoms with van der Waals surface area (Å²) in [6.07, 6.45) is 7.61. The summed E-state index contributed by atoms with van der Waals surface area (Å²) in [5.41, 5.74) is 3.55. The number of rotatable bonds is 6. The molecule has 0 saturated carbocycles. The highest BCUT2D eigenvalue weighted by Crippen LogP contribution is 2.09. The summed E-state index contributed by atoms with van der Waals surface area (Å²) in [7, 11) is 0. The fourth-order valence-corrected chi connectivity index (χ4v) is 2.74. The van der Waals surface area contributed by atoms with Crippen LogP contribution in [0.4, 0.5) is 0 Å². The number of carbonyl (C=O) groups is 1. The van der Waals surface area contributed by atoms with Crippen LogP contribution in [0.5, 0.6) is 0 Å². The lowest BCUT2D eigenvalue weighted by Crippen LogP contribution is -2.25. The largest absolute Gasteiger partial charge is 0.352 e. The summed E-state index contributed by atoms with van der Waals surface area (Å²) >= 11 is 0. The van der Waals surface area contributed by atoms with E-state index in [9.17, 15) is 4.79 Å². The summed E-state index contributed by atoms with van der Waals surface area (Å²) in [5, 5.41) is 11.4. The van der Waals surface area contributed by atoms with Crippen molar-refractivity contribution in [3.05, 3.63) is 90.8 Å². The van der Waals surface area contributed by atoms with E-state index in [0.717, 1.165) is 23.4 Å². The molecule has 0 aliphatic carbocycles. The van der Waals surface area contributed by atoms with E-state index in [1.807, 2.05) is 59.5 Å². The van der Waals surface area contributed by atoms with Gasteiger partial charge in [-0.25, -0.2) is 14.3 Å². The second-order valence-electron chi connectivity index (χ2n) is 6.02. The molecule has 2 heterocycles. The molecule has 4 aromatic rings. The number of para-hydroxylation sites is 1. The van der Waals surface area contributed by atoms with E-state index in [2.05, 4.69) is 20.5 Å². The molecule has 0 bridgehead atoms. The number of nitrogens with one attached hydrogen (secondary N) is 1. The van der Waals surface area contributed by atoms with Crippen LogP contribution in [0.15, 0.2) is 79.6 Å². The molecule has 27 heavy (non-hydrogen) atoms. The van der Waals surface area contributed by atoms with E-state index in [1.165, 1.54) is 6.33 Å². The average Bonchev–Trinajstić information content (AvgIpc) is 3.41. The average molecular weight is 358 g/mol. The van der Waals surface area contributed by atoms with Crippen LogP contribution in [0.25, 0.3) is 11.4 Å². The molecular formula is C20H18N6O. The van der Waals surface area contributed by atoms with Crippen LogP contribution < -0.4 is 5.32 Å². The first-order chi connectivity index (χ1) is 13.3. The third-order valence-corrected chi connectivity index (χ3v) is 4.17. The Morgan fingerprint density at radius 3 is 2.44 bits per heavy atom. The zero-order chi connectivity index (χ0) is 18.5. The van der Waals surface area contributed by atoms with Crippen molar-refractivity contribution in [1.29, 1.82) is 0 Å². The monoisotopic (exact) mass is 358 g/mol. The van der Waals surface area contributed by atoms with E-state index in [4.69, 9.17) is 0 Å². The summed E-state index contributed by atoms with van der Waals surface area (Å²) in [6, 6.07) is 17.2. The number of benzene rings is 2. The summed E-state index contributed by atoms with van der Waals surface area (Å²) in [6.45, 7) is 0.546. The van der Waals surface area contributed by atoms with Gasteiger partial charge < -0.3 is 5.32 Å². The molecule has 0 atom stereocenters. The molecule has 134 valence electrons. The summed E-state index contributed by atoms with van der Waals surface area (Å²) in [5.74, 6) is -0.101. The standard InChI is InChI=1S/C20H18N6O/c27-20(17-6-8-19(9-7-17)26-15-21-14-24-26)22-11-10-16-12-23-25(13-16)18-4-2-1-3-5-18/h1-9,12-15H,10-11H2,(H,22,27). The Bertz CT molecular complexity index is 1010. The van der Waals surface area contributed by atoms with Crippen LogP contribution in [0.3, 0.4) is 0 Å². The third kappa shape index (κ3) is 3.92. The lowest BCUT2D eigenvalue weighted by Gasteiger charge is -2.06. The van der Waals surface area contributed by atoms with Gasteiger partial charge in [0.1, 0.15) is 12.7 Å². The topological polar surface area (TPSA) is 77.6 Å². The predicted octanol–water partition coefficient (Wildman–Crippen LogP) is 2.43. The minimum atomic E-state index is -0.101. The van der Waals surface area contributed by atoms with Gasteiger partial charge in [0.2, 0.25) is 0 Å². The van der Waals surface area contributed by atoms with Crippen LogP contribution in [0, 0.1) is 0 Å². The molecule has 1 N–H and O–H groups in total. The van der Waals surface area contributed by atoms with Crippen LogP contribution in [-0.2, 0) is 6.42 Å². The van der Waals surface area contributed by atoms with Gasteiger partial charge in [-0.3, -0.25) is 4.79 Å². The van der Waals surface area contributed by atoms with Crippen molar-refractivity contribution in [1.82, 2.24) is 29.9 Å². The molecule has 0 aliphatic heterocycles.